The van der Waals surface area contributed by atoms with Crippen LogP contribution in [0, 0.1) is 0 Å². The number of nitrogens with zero attached hydrogens (tertiary/aromatic N) is 3. The molecule has 1 aliphatic heterocycles. The number of nitrogens with one attached hydrogen (secondary N) is 1. The standard InChI is InChI=1S/C18H23N5O2/c1-25-18(24)23(21-17-5-3-2-4-16(17)19)15-8-12-22(13-9-15)14-6-10-20-11-7-14/h2-7,10-11,15,21H,8-9,12-13,19H2,1H3. The Morgan fingerprint density at radius 3 is 2.56 bits per heavy atom. The Morgan fingerprint density at radius 2 is 1.92 bits per heavy atom. The van der Waals surface area contributed by atoms with Crippen LogP contribution in [-0.4, -0.2) is 42.3 Å². The molecule has 1 fully saturated rings. The van der Waals surface area contributed by atoms with Gasteiger partial charge in [0.2, 0.25) is 0 Å². The highest BCUT2D eigenvalue weighted by Crippen LogP contribution is 2.25. The third-order valence-electron chi connectivity index (χ3n) is 4.43. The number of pyridine rings is 1. The SMILES string of the molecule is COC(=O)N(Nc1ccccc1N)C1CCN(c2ccncc2)CC1. The number of rotatable bonds is 4. The summed E-state index contributed by atoms with van der Waals surface area (Å²) >= 11 is 0. The molecule has 1 aliphatic rings. The lowest BCUT2D eigenvalue weighted by Crippen LogP contribution is -2.50. The molecule has 0 bridgehead atoms. The number of hydrazine groups is 1. The highest BCUT2D eigenvalue weighted by molar-refractivity contribution is 5.73. The number of carbonyl (C=O) groups is 1. The van der Waals surface area contributed by atoms with Gasteiger partial charge in [0.25, 0.3) is 0 Å². The van der Waals surface area contributed by atoms with Crippen LogP contribution in [0.4, 0.5) is 21.9 Å². The summed E-state index contributed by atoms with van der Waals surface area (Å²) in [6, 6.07) is 11.4. The van der Waals surface area contributed by atoms with Gasteiger partial charge >= 0.3 is 6.09 Å². The number of para-hydroxylation sites is 2. The number of anilines is 3. The van der Waals surface area contributed by atoms with E-state index in [2.05, 4.69) is 15.3 Å². The molecule has 7 heteroatoms. The van der Waals surface area contributed by atoms with Crippen LogP contribution < -0.4 is 16.1 Å². The molecule has 25 heavy (non-hydrogen) atoms. The Balaban J connectivity index is 1.69. The average molecular weight is 341 g/mol. The molecule has 0 atom stereocenters. The number of hydrogen-bond acceptors (Lipinski definition) is 6. The van der Waals surface area contributed by atoms with E-state index in [-0.39, 0.29) is 6.04 Å². The van der Waals surface area contributed by atoms with Gasteiger partial charge in [0.05, 0.1) is 24.5 Å². The van der Waals surface area contributed by atoms with Crippen LogP contribution in [0.3, 0.4) is 0 Å². The van der Waals surface area contributed by atoms with Gasteiger partial charge in [0, 0.05) is 31.2 Å². The van der Waals surface area contributed by atoms with Crippen LogP contribution >= 0.6 is 0 Å². The van der Waals surface area contributed by atoms with Crippen molar-refractivity contribution in [2.75, 3.05) is 36.3 Å². The number of carbonyl (C=O) groups excluding carboxylic acids is 1. The van der Waals surface area contributed by atoms with Crippen LogP contribution in [0.2, 0.25) is 0 Å². The van der Waals surface area contributed by atoms with Gasteiger partial charge in [0.15, 0.2) is 0 Å². The number of benzene rings is 1. The summed E-state index contributed by atoms with van der Waals surface area (Å²) in [5, 5.41) is 1.55. The van der Waals surface area contributed by atoms with Crippen molar-refractivity contribution in [2.45, 2.75) is 18.9 Å². The van der Waals surface area contributed by atoms with E-state index in [4.69, 9.17) is 10.5 Å². The van der Waals surface area contributed by atoms with Gasteiger partial charge in [-0.25, -0.2) is 9.80 Å². The second kappa shape index (κ2) is 7.74. The number of nitrogen functional groups attached to an aromatic ring is 1. The molecule has 1 amide bonds. The fourth-order valence-electron chi connectivity index (χ4n) is 3.05. The monoisotopic (exact) mass is 341 g/mol. The summed E-state index contributed by atoms with van der Waals surface area (Å²) in [5.74, 6) is 0. The topological polar surface area (TPSA) is 83.7 Å². The van der Waals surface area contributed by atoms with Gasteiger partial charge in [-0.2, -0.15) is 0 Å². The first kappa shape index (κ1) is 16.9. The van der Waals surface area contributed by atoms with Gasteiger partial charge in [-0.15, -0.1) is 0 Å². The average Bonchev–Trinajstić information content (AvgIpc) is 2.68. The van der Waals surface area contributed by atoms with Crippen LogP contribution in [0.25, 0.3) is 0 Å². The zero-order valence-electron chi connectivity index (χ0n) is 14.3. The van der Waals surface area contributed by atoms with E-state index in [0.29, 0.717) is 11.4 Å². The maximum atomic E-state index is 12.3. The normalized spacial score (nSPS) is 14.8. The molecule has 132 valence electrons. The number of nitrogens with two attached hydrogens (primary N) is 1. The first-order valence-electron chi connectivity index (χ1n) is 8.32. The summed E-state index contributed by atoms with van der Waals surface area (Å²) in [6.45, 7) is 1.71. The quantitative estimate of drug-likeness (QED) is 0.657. The van der Waals surface area contributed by atoms with Crippen molar-refractivity contribution in [3.8, 4) is 0 Å². The summed E-state index contributed by atoms with van der Waals surface area (Å²) < 4.78 is 4.95. The summed E-state index contributed by atoms with van der Waals surface area (Å²) in [4.78, 5) is 18.6. The van der Waals surface area contributed by atoms with E-state index in [1.165, 1.54) is 7.11 Å². The first-order valence-corrected chi connectivity index (χ1v) is 8.32. The fourth-order valence-corrected chi connectivity index (χ4v) is 3.05. The molecule has 0 saturated carbocycles. The third kappa shape index (κ3) is 3.93. The minimum absolute atomic E-state index is 0.0325. The van der Waals surface area contributed by atoms with Crippen molar-refractivity contribution in [2.24, 2.45) is 0 Å². The lowest BCUT2D eigenvalue weighted by molar-refractivity contribution is 0.110. The van der Waals surface area contributed by atoms with Gasteiger partial charge < -0.3 is 15.4 Å². The Labute approximate surface area is 147 Å². The Kier molecular flexibility index (Phi) is 5.23. The lowest BCUT2D eigenvalue weighted by atomic mass is 10.0. The minimum Gasteiger partial charge on any atom is -0.452 e. The summed E-state index contributed by atoms with van der Waals surface area (Å²) in [5.41, 5.74) is 11.5. The van der Waals surface area contributed by atoms with E-state index in [0.717, 1.165) is 31.6 Å². The van der Waals surface area contributed by atoms with Crippen LogP contribution in [0.1, 0.15) is 12.8 Å². The predicted molar refractivity (Wildman–Crippen MR) is 98.2 cm³/mol. The van der Waals surface area contributed by atoms with Crippen LogP contribution in [0.15, 0.2) is 48.8 Å². The molecule has 2 aromatic rings. The van der Waals surface area contributed by atoms with E-state index in [1.807, 2.05) is 30.3 Å². The third-order valence-corrected chi connectivity index (χ3v) is 4.43. The van der Waals surface area contributed by atoms with Gasteiger partial charge in [-0.05, 0) is 37.1 Å². The maximum absolute atomic E-state index is 12.3. The number of methoxy groups -OCH3 is 1. The number of amides is 1. The molecule has 0 radical (unpaired) electrons. The first-order chi connectivity index (χ1) is 12.2. The van der Waals surface area contributed by atoms with Crippen LogP contribution in [0.5, 0.6) is 0 Å². The van der Waals surface area contributed by atoms with Crippen LogP contribution in [-0.2, 0) is 4.74 Å². The Hall–Kier alpha value is -2.96. The van der Waals surface area contributed by atoms with Crippen molar-refractivity contribution in [1.82, 2.24) is 9.99 Å². The molecule has 1 aromatic carbocycles. The van der Waals surface area contributed by atoms with Gasteiger partial charge in [-0.1, -0.05) is 12.1 Å². The smallest absolute Gasteiger partial charge is 0.428 e. The molecule has 1 aromatic heterocycles. The zero-order valence-corrected chi connectivity index (χ0v) is 14.3. The van der Waals surface area contributed by atoms with Crippen molar-refractivity contribution in [3.63, 3.8) is 0 Å². The molecular weight excluding hydrogens is 318 g/mol. The molecular formula is C18H23N5O2. The molecule has 7 nitrogen and oxygen atoms in total. The molecule has 3 N–H and O–H groups in total. The fraction of sp³-hybridized carbons (Fsp3) is 0.333. The van der Waals surface area contributed by atoms with Crippen molar-refractivity contribution in [3.05, 3.63) is 48.8 Å². The molecule has 0 aliphatic carbocycles. The Bertz CT molecular complexity index is 702. The molecule has 0 spiro atoms. The number of ether oxygens (including phenoxy) is 1. The van der Waals surface area contributed by atoms with Crippen molar-refractivity contribution >= 4 is 23.2 Å². The number of aromatic nitrogens is 1. The van der Waals surface area contributed by atoms with E-state index in [9.17, 15) is 4.79 Å². The van der Waals surface area contributed by atoms with Crippen molar-refractivity contribution < 1.29 is 9.53 Å². The second-order valence-electron chi connectivity index (χ2n) is 5.96. The number of hydrogen-bond donors (Lipinski definition) is 2. The largest absolute Gasteiger partial charge is 0.452 e. The number of piperidine rings is 1. The highest BCUT2D eigenvalue weighted by atomic mass is 16.5. The van der Waals surface area contributed by atoms with Gasteiger partial charge in [-0.3, -0.25) is 10.4 Å². The molecule has 1 saturated heterocycles. The lowest BCUT2D eigenvalue weighted by Gasteiger charge is -2.38. The van der Waals surface area contributed by atoms with E-state index >= 15 is 0 Å². The summed E-state index contributed by atoms with van der Waals surface area (Å²) in [7, 11) is 1.39. The van der Waals surface area contributed by atoms with Crippen molar-refractivity contribution in [1.29, 1.82) is 0 Å². The highest BCUT2D eigenvalue weighted by Gasteiger charge is 2.29. The maximum Gasteiger partial charge on any atom is 0.428 e. The Morgan fingerprint density at radius 1 is 1.24 bits per heavy atom. The molecule has 0 unspecified atom stereocenters. The molecule has 2 heterocycles. The minimum atomic E-state index is -0.411. The molecule has 3 rings (SSSR count). The van der Waals surface area contributed by atoms with E-state index in [1.54, 1.807) is 23.5 Å². The predicted octanol–water partition coefficient (Wildman–Crippen LogP) is 2.73. The van der Waals surface area contributed by atoms with Gasteiger partial charge in [0.1, 0.15) is 0 Å². The van der Waals surface area contributed by atoms with E-state index < -0.39 is 6.09 Å². The zero-order chi connectivity index (χ0) is 17.6. The second-order valence-corrected chi connectivity index (χ2v) is 5.96. The summed E-state index contributed by atoms with van der Waals surface area (Å²) in [6.07, 6.45) is 4.84.